The number of carbonyl (C=O) groups is 1. The van der Waals surface area contributed by atoms with Gasteiger partial charge in [-0.3, -0.25) is 4.79 Å². The van der Waals surface area contributed by atoms with Crippen LogP contribution in [0, 0.1) is 5.92 Å². The fraction of sp³-hybridized carbons (Fsp3) is 0.500. The number of carboxylic acid groups (broad SMARTS) is 1. The van der Waals surface area contributed by atoms with E-state index in [1.54, 1.807) is 21.1 Å². The molecule has 0 aliphatic carbocycles. The molecular formula is C14H21NO4. The van der Waals surface area contributed by atoms with Crippen molar-refractivity contribution >= 4 is 5.97 Å². The molecule has 0 aliphatic rings. The maximum atomic E-state index is 10.6. The van der Waals surface area contributed by atoms with Gasteiger partial charge in [0.2, 0.25) is 0 Å². The lowest BCUT2D eigenvalue weighted by Gasteiger charge is -2.11. The summed E-state index contributed by atoms with van der Waals surface area (Å²) < 4.78 is 10.4. The van der Waals surface area contributed by atoms with E-state index in [0.717, 1.165) is 18.5 Å². The first-order valence-electron chi connectivity index (χ1n) is 6.23. The molecule has 0 radical (unpaired) electrons. The van der Waals surface area contributed by atoms with Gasteiger partial charge >= 0.3 is 5.97 Å². The molecule has 0 saturated carbocycles. The van der Waals surface area contributed by atoms with Gasteiger partial charge in [0.25, 0.3) is 0 Å². The lowest BCUT2D eigenvalue weighted by atomic mass is 10.1. The predicted molar refractivity (Wildman–Crippen MR) is 72.9 cm³/mol. The van der Waals surface area contributed by atoms with Crippen LogP contribution in [0.5, 0.6) is 11.5 Å². The summed E-state index contributed by atoms with van der Waals surface area (Å²) in [4.78, 5) is 10.6. The minimum Gasteiger partial charge on any atom is -0.493 e. The fourth-order valence-corrected chi connectivity index (χ4v) is 1.67. The Morgan fingerprint density at radius 1 is 1.32 bits per heavy atom. The molecule has 1 unspecified atom stereocenters. The van der Waals surface area contributed by atoms with Crippen LogP contribution in [0.4, 0.5) is 0 Å². The van der Waals surface area contributed by atoms with E-state index < -0.39 is 5.97 Å². The SMILES string of the molecule is COc1ccc(CCNCC(C)C(=O)O)cc1OC. The number of nitrogens with one attached hydrogen (secondary N) is 1. The van der Waals surface area contributed by atoms with Crippen molar-refractivity contribution in [2.45, 2.75) is 13.3 Å². The Kier molecular flexibility index (Phi) is 6.15. The van der Waals surface area contributed by atoms with E-state index in [9.17, 15) is 4.79 Å². The smallest absolute Gasteiger partial charge is 0.307 e. The first-order chi connectivity index (χ1) is 9.08. The highest BCUT2D eigenvalue weighted by atomic mass is 16.5. The summed E-state index contributed by atoms with van der Waals surface area (Å²) >= 11 is 0. The van der Waals surface area contributed by atoms with Crippen molar-refractivity contribution in [2.75, 3.05) is 27.3 Å². The predicted octanol–water partition coefficient (Wildman–Crippen LogP) is 1.56. The van der Waals surface area contributed by atoms with Gasteiger partial charge in [-0.25, -0.2) is 0 Å². The Labute approximate surface area is 113 Å². The third-order valence-corrected chi connectivity index (χ3v) is 2.91. The monoisotopic (exact) mass is 267 g/mol. The minimum atomic E-state index is -0.779. The van der Waals surface area contributed by atoms with Crippen LogP contribution in [0.25, 0.3) is 0 Å². The molecule has 0 fully saturated rings. The standard InChI is InChI=1S/C14H21NO4/c1-10(14(16)17)9-15-7-6-11-4-5-12(18-2)13(8-11)19-3/h4-5,8,10,15H,6-7,9H2,1-3H3,(H,16,17). The summed E-state index contributed by atoms with van der Waals surface area (Å²) in [7, 11) is 3.21. The van der Waals surface area contributed by atoms with Crippen LogP contribution in [0.2, 0.25) is 0 Å². The Hall–Kier alpha value is -1.75. The van der Waals surface area contributed by atoms with Gasteiger partial charge in [0.05, 0.1) is 20.1 Å². The van der Waals surface area contributed by atoms with Crippen molar-refractivity contribution in [2.24, 2.45) is 5.92 Å². The fourth-order valence-electron chi connectivity index (χ4n) is 1.67. The van der Waals surface area contributed by atoms with Crippen LogP contribution in [0.1, 0.15) is 12.5 Å². The highest BCUT2D eigenvalue weighted by molar-refractivity contribution is 5.69. The summed E-state index contributed by atoms with van der Waals surface area (Å²) in [5, 5.41) is 11.9. The van der Waals surface area contributed by atoms with E-state index in [1.165, 1.54) is 0 Å². The second-order valence-corrected chi connectivity index (χ2v) is 4.38. The molecule has 0 aliphatic heterocycles. The average Bonchev–Trinajstić information content (AvgIpc) is 2.42. The van der Waals surface area contributed by atoms with Crippen molar-refractivity contribution in [3.8, 4) is 11.5 Å². The van der Waals surface area contributed by atoms with Gasteiger partial charge in [-0.15, -0.1) is 0 Å². The molecule has 0 heterocycles. The number of ether oxygens (including phenoxy) is 2. The molecule has 0 spiro atoms. The van der Waals surface area contributed by atoms with E-state index in [4.69, 9.17) is 14.6 Å². The largest absolute Gasteiger partial charge is 0.493 e. The molecule has 1 atom stereocenters. The van der Waals surface area contributed by atoms with Gasteiger partial charge < -0.3 is 19.9 Å². The van der Waals surface area contributed by atoms with Gasteiger partial charge in [0, 0.05) is 6.54 Å². The van der Waals surface area contributed by atoms with Gasteiger partial charge in [-0.05, 0) is 30.7 Å². The van der Waals surface area contributed by atoms with Crippen LogP contribution in [0.15, 0.2) is 18.2 Å². The van der Waals surface area contributed by atoms with E-state index in [0.29, 0.717) is 18.0 Å². The first kappa shape index (κ1) is 15.3. The van der Waals surface area contributed by atoms with E-state index >= 15 is 0 Å². The van der Waals surface area contributed by atoms with Crippen molar-refractivity contribution in [1.29, 1.82) is 0 Å². The number of carboxylic acids is 1. The number of hydrogen-bond acceptors (Lipinski definition) is 4. The maximum Gasteiger partial charge on any atom is 0.307 e. The minimum absolute atomic E-state index is 0.370. The van der Waals surface area contributed by atoms with Crippen molar-refractivity contribution in [1.82, 2.24) is 5.32 Å². The van der Waals surface area contributed by atoms with Gasteiger partial charge in [-0.2, -0.15) is 0 Å². The van der Waals surface area contributed by atoms with E-state index in [-0.39, 0.29) is 5.92 Å². The molecular weight excluding hydrogens is 246 g/mol. The first-order valence-corrected chi connectivity index (χ1v) is 6.23. The zero-order valence-electron chi connectivity index (χ0n) is 11.6. The molecule has 1 aromatic carbocycles. The summed E-state index contributed by atoms with van der Waals surface area (Å²) in [6.07, 6.45) is 0.812. The summed E-state index contributed by atoms with van der Waals surface area (Å²) in [6.45, 7) is 2.89. The Bertz CT molecular complexity index is 420. The van der Waals surface area contributed by atoms with Crippen LogP contribution >= 0.6 is 0 Å². The van der Waals surface area contributed by atoms with Gasteiger partial charge in [0.1, 0.15) is 0 Å². The lowest BCUT2D eigenvalue weighted by Crippen LogP contribution is -2.27. The number of rotatable bonds is 8. The Morgan fingerprint density at radius 2 is 2.00 bits per heavy atom. The lowest BCUT2D eigenvalue weighted by molar-refractivity contribution is -0.140. The zero-order chi connectivity index (χ0) is 14.3. The average molecular weight is 267 g/mol. The van der Waals surface area contributed by atoms with Crippen molar-refractivity contribution in [3.05, 3.63) is 23.8 Å². The van der Waals surface area contributed by atoms with Crippen LogP contribution in [0.3, 0.4) is 0 Å². The third-order valence-electron chi connectivity index (χ3n) is 2.91. The summed E-state index contributed by atoms with van der Waals surface area (Å²) in [5.74, 6) is 0.265. The third kappa shape index (κ3) is 4.79. The van der Waals surface area contributed by atoms with Crippen molar-refractivity contribution in [3.63, 3.8) is 0 Å². The molecule has 0 amide bonds. The quantitative estimate of drug-likeness (QED) is 0.700. The molecule has 5 heteroatoms. The molecule has 0 bridgehead atoms. The molecule has 2 N–H and O–H groups in total. The maximum absolute atomic E-state index is 10.6. The van der Waals surface area contributed by atoms with Gasteiger partial charge in [0.15, 0.2) is 11.5 Å². The number of hydrogen-bond donors (Lipinski definition) is 2. The van der Waals surface area contributed by atoms with E-state index in [2.05, 4.69) is 5.32 Å². The van der Waals surface area contributed by atoms with Gasteiger partial charge in [-0.1, -0.05) is 13.0 Å². The topological polar surface area (TPSA) is 67.8 Å². The molecule has 106 valence electrons. The summed E-state index contributed by atoms with van der Waals surface area (Å²) in [5.41, 5.74) is 1.12. The second-order valence-electron chi connectivity index (χ2n) is 4.38. The Morgan fingerprint density at radius 3 is 2.58 bits per heavy atom. The highest BCUT2D eigenvalue weighted by Gasteiger charge is 2.09. The molecule has 0 saturated heterocycles. The molecule has 1 rings (SSSR count). The zero-order valence-corrected chi connectivity index (χ0v) is 11.6. The molecule has 5 nitrogen and oxygen atoms in total. The number of benzene rings is 1. The number of aliphatic carboxylic acids is 1. The van der Waals surface area contributed by atoms with Crippen LogP contribution in [-0.4, -0.2) is 38.4 Å². The van der Waals surface area contributed by atoms with Crippen molar-refractivity contribution < 1.29 is 19.4 Å². The molecule has 19 heavy (non-hydrogen) atoms. The van der Waals surface area contributed by atoms with E-state index in [1.807, 2.05) is 18.2 Å². The normalized spacial score (nSPS) is 11.9. The van der Waals surface area contributed by atoms with Crippen LogP contribution < -0.4 is 14.8 Å². The van der Waals surface area contributed by atoms with Crippen LogP contribution in [-0.2, 0) is 11.2 Å². The Balaban J connectivity index is 2.43. The molecule has 0 aromatic heterocycles. The highest BCUT2D eigenvalue weighted by Crippen LogP contribution is 2.27. The molecule has 1 aromatic rings. The summed E-state index contributed by atoms with van der Waals surface area (Å²) in [6, 6.07) is 5.78. The second kappa shape index (κ2) is 7.63. The number of methoxy groups -OCH3 is 2.